The minimum Gasteiger partial charge on any atom is -0.469 e. The van der Waals surface area contributed by atoms with Gasteiger partial charge in [-0.25, -0.2) is 0 Å². The summed E-state index contributed by atoms with van der Waals surface area (Å²) in [5, 5.41) is 0. The van der Waals surface area contributed by atoms with Gasteiger partial charge in [0.15, 0.2) is 0 Å². The van der Waals surface area contributed by atoms with Gasteiger partial charge in [-0.15, -0.1) is 5.54 Å². The van der Waals surface area contributed by atoms with Crippen molar-refractivity contribution in [3.63, 3.8) is 0 Å². The molecule has 25 heavy (non-hydrogen) atoms. The number of methoxy groups -OCH3 is 1. The first-order valence-corrected chi connectivity index (χ1v) is 15.3. The van der Waals surface area contributed by atoms with Crippen molar-refractivity contribution in [1.29, 1.82) is 0 Å². The summed E-state index contributed by atoms with van der Waals surface area (Å²) in [5.41, 5.74) is 5.08. The summed E-state index contributed by atoms with van der Waals surface area (Å²) in [4.78, 5) is 11.4. The predicted molar refractivity (Wildman–Crippen MR) is 113 cm³/mol. The fourth-order valence-corrected chi connectivity index (χ4v) is 9.73. The van der Waals surface area contributed by atoms with E-state index in [1.807, 2.05) is 0 Å². The molecule has 0 amide bonds. The minimum absolute atomic E-state index is 0.0738. The number of esters is 1. The van der Waals surface area contributed by atoms with Crippen molar-refractivity contribution in [3.8, 4) is 11.5 Å². The van der Waals surface area contributed by atoms with Crippen LogP contribution in [0.4, 0.5) is 0 Å². The molecule has 0 aromatic heterocycles. The Hall–Kier alpha value is -0.576. The van der Waals surface area contributed by atoms with Crippen LogP contribution in [0.15, 0.2) is 0 Å². The lowest BCUT2D eigenvalue weighted by molar-refractivity contribution is -0.140. The molecular formula is C20H40O3Si2. The van der Waals surface area contributed by atoms with Gasteiger partial charge < -0.3 is 9.16 Å². The van der Waals surface area contributed by atoms with Crippen LogP contribution in [-0.4, -0.2) is 35.6 Å². The van der Waals surface area contributed by atoms with E-state index in [0.29, 0.717) is 23.0 Å². The zero-order valence-corrected chi connectivity index (χ0v) is 20.2. The van der Waals surface area contributed by atoms with E-state index in [2.05, 4.69) is 72.6 Å². The largest absolute Gasteiger partial charge is 0.469 e. The molecule has 5 heteroatoms. The summed E-state index contributed by atoms with van der Waals surface area (Å²) in [6, 6.07) is 0. The summed E-state index contributed by atoms with van der Waals surface area (Å²) in [5.74, 6) is 3.29. The second-order valence-electron chi connectivity index (χ2n) is 8.91. The second-order valence-corrected chi connectivity index (χ2v) is 19.1. The normalized spacial score (nSPS) is 13.8. The maximum absolute atomic E-state index is 11.4. The first-order valence-electron chi connectivity index (χ1n) is 9.64. The van der Waals surface area contributed by atoms with Gasteiger partial charge in [0.05, 0.1) is 7.11 Å². The van der Waals surface area contributed by atoms with Crippen LogP contribution in [0, 0.1) is 11.5 Å². The van der Waals surface area contributed by atoms with Crippen LogP contribution in [0.3, 0.4) is 0 Å². The first-order chi connectivity index (χ1) is 11.4. The van der Waals surface area contributed by atoms with Crippen molar-refractivity contribution < 1.29 is 14.0 Å². The van der Waals surface area contributed by atoms with E-state index in [9.17, 15) is 4.79 Å². The van der Waals surface area contributed by atoms with Crippen molar-refractivity contribution in [2.45, 2.75) is 103 Å². The van der Waals surface area contributed by atoms with Crippen LogP contribution in [-0.2, 0) is 14.0 Å². The topological polar surface area (TPSA) is 35.5 Å². The van der Waals surface area contributed by atoms with Gasteiger partial charge >= 0.3 is 5.97 Å². The van der Waals surface area contributed by atoms with E-state index in [0.717, 1.165) is 12.8 Å². The fraction of sp³-hybridized carbons (Fsp3) is 0.850. The molecule has 0 bridgehead atoms. The summed E-state index contributed by atoms with van der Waals surface area (Å²) in [7, 11) is -2.00. The predicted octanol–water partition coefficient (Wildman–Crippen LogP) is 5.77. The van der Waals surface area contributed by atoms with Gasteiger partial charge in [-0.05, 0) is 29.5 Å². The lowest BCUT2D eigenvalue weighted by Crippen LogP contribution is -2.50. The Morgan fingerprint density at radius 2 is 1.44 bits per heavy atom. The van der Waals surface area contributed by atoms with Gasteiger partial charge in [0, 0.05) is 6.42 Å². The standard InChI is InChI=1S/C20H40O3Si2/c1-16(2)25(17(3)4,18(5)6)23-19(14-15-24(8,9)10)12-11-13-20(21)22-7/h16-19H,11-13H2,1-10H3/t19-/m0/s1. The van der Waals surface area contributed by atoms with E-state index >= 15 is 0 Å². The molecule has 146 valence electrons. The van der Waals surface area contributed by atoms with Crippen molar-refractivity contribution in [2.75, 3.05) is 7.11 Å². The Morgan fingerprint density at radius 3 is 1.80 bits per heavy atom. The summed E-state index contributed by atoms with van der Waals surface area (Å²) in [6.45, 7) is 20.5. The Balaban J connectivity index is 5.47. The van der Waals surface area contributed by atoms with Gasteiger partial charge in [0.2, 0.25) is 8.32 Å². The van der Waals surface area contributed by atoms with Crippen LogP contribution in [0.25, 0.3) is 0 Å². The molecule has 0 saturated heterocycles. The van der Waals surface area contributed by atoms with Crippen molar-refractivity contribution in [3.05, 3.63) is 0 Å². The minimum atomic E-state index is -1.98. The fourth-order valence-electron chi connectivity index (χ4n) is 3.65. The number of carbonyl (C=O) groups is 1. The molecule has 0 unspecified atom stereocenters. The molecule has 0 N–H and O–H groups in total. The maximum atomic E-state index is 11.4. The highest BCUT2D eigenvalue weighted by Crippen LogP contribution is 2.43. The zero-order chi connectivity index (χ0) is 19.8. The summed E-state index contributed by atoms with van der Waals surface area (Å²) >= 11 is 0. The Morgan fingerprint density at radius 1 is 0.960 bits per heavy atom. The third kappa shape index (κ3) is 8.10. The van der Waals surface area contributed by atoms with E-state index in [-0.39, 0.29) is 12.1 Å². The Labute approximate surface area is 158 Å². The molecule has 0 aliphatic heterocycles. The molecule has 0 fully saturated rings. The van der Waals surface area contributed by atoms with Crippen molar-refractivity contribution in [1.82, 2.24) is 0 Å². The molecule has 0 aromatic rings. The smallest absolute Gasteiger partial charge is 0.305 e. The van der Waals surface area contributed by atoms with E-state index in [1.165, 1.54) is 7.11 Å². The third-order valence-corrected chi connectivity index (χ3v) is 11.7. The van der Waals surface area contributed by atoms with Crippen LogP contribution >= 0.6 is 0 Å². The van der Waals surface area contributed by atoms with Crippen LogP contribution < -0.4 is 0 Å². The monoisotopic (exact) mass is 384 g/mol. The van der Waals surface area contributed by atoms with Gasteiger partial charge in [-0.3, -0.25) is 4.79 Å². The number of ether oxygens (including phenoxy) is 1. The molecule has 3 nitrogen and oxygen atoms in total. The number of hydrogen-bond acceptors (Lipinski definition) is 3. The van der Waals surface area contributed by atoms with Crippen LogP contribution in [0.5, 0.6) is 0 Å². The molecule has 0 aromatic carbocycles. The molecule has 0 rings (SSSR count). The number of rotatable bonds is 9. The van der Waals surface area contributed by atoms with Gasteiger partial charge in [0.1, 0.15) is 14.2 Å². The Bertz CT molecular complexity index is 446. The van der Waals surface area contributed by atoms with Crippen LogP contribution in [0.2, 0.25) is 36.3 Å². The molecular weight excluding hydrogens is 344 g/mol. The summed E-state index contributed by atoms with van der Waals surface area (Å²) < 4.78 is 11.6. The van der Waals surface area contributed by atoms with E-state index in [1.54, 1.807) is 0 Å². The highest BCUT2D eigenvalue weighted by molar-refractivity contribution is 6.83. The number of carbonyl (C=O) groups excluding carboxylic acids is 1. The van der Waals surface area contributed by atoms with Gasteiger partial charge in [0.25, 0.3) is 0 Å². The lowest BCUT2D eigenvalue weighted by Gasteiger charge is -2.43. The second kappa shape index (κ2) is 10.5. The van der Waals surface area contributed by atoms with Crippen molar-refractivity contribution in [2.24, 2.45) is 0 Å². The van der Waals surface area contributed by atoms with Crippen LogP contribution in [0.1, 0.15) is 60.8 Å². The van der Waals surface area contributed by atoms with Crippen molar-refractivity contribution >= 4 is 22.4 Å². The SMILES string of the molecule is COC(=O)CCC[C@@H](C#C[Si](C)(C)C)O[Si](C(C)C)(C(C)C)C(C)C. The maximum Gasteiger partial charge on any atom is 0.305 e. The highest BCUT2D eigenvalue weighted by atomic mass is 28.4. The molecule has 0 heterocycles. The molecule has 1 atom stereocenters. The summed E-state index contributed by atoms with van der Waals surface area (Å²) in [6.07, 6.45) is 1.92. The average molecular weight is 385 g/mol. The van der Waals surface area contributed by atoms with E-state index in [4.69, 9.17) is 9.16 Å². The zero-order valence-electron chi connectivity index (χ0n) is 18.2. The lowest BCUT2D eigenvalue weighted by atomic mass is 10.1. The quantitative estimate of drug-likeness (QED) is 0.287. The Kier molecular flexibility index (Phi) is 10.3. The average Bonchev–Trinajstić information content (AvgIpc) is 2.46. The first kappa shape index (κ1) is 24.4. The molecule has 0 aliphatic rings. The molecule has 0 radical (unpaired) electrons. The van der Waals surface area contributed by atoms with E-state index < -0.39 is 16.4 Å². The molecule has 0 saturated carbocycles. The molecule has 0 spiro atoms. The van der Waals surface area contributed by atoms with Gasteiger partial charge in [-0.2, -0.15) is 0 Å². The number of hydrogen-bond donors (Lipinski definition) is 0. The molecule has 0 aliphatic carbocycles. The highest BCUT2D eigenvalue weighted by Gasteiger charge is 2.46. The third-order valence-electron chi connectivity index (χ3n) is 4.74. The van der Waals surface area contributed by atoms with Gasteiger partial charge in [-0.1, -0.05) is 67.1 Å².